The number of rotatable bonds is 4. The number of aryl methyl sites for hydroxylation is 1. The molecule has 1 aliphatic heterocycles. The van der Waals surface area contributed by atoms with Crippen LogP contribution < -0.4 is 10.2 Å². The topological polar surface area (TPSA) is 35.6 Å². The Morgan fingerprint density at radius 1 is 1.00 bits per heavy atom. The monoisotopic (exact) mass is 341 g/mol. The summed E-state index contributed by atoms with van der Waals surface area (Å²) in [6, 6.07) is 14.2. The zero-order valence-electron chi connectivity index (χ0n) is 14.7. The van der Waals surface area contributed by atoms with E-state index in [2.05, 4.69) is 15.1 Å². The Kier molecular flexibility index (Phi) is 5.34. The van der Waals surface area contributed by atoms with E-state index in [0.717, 1.165) is 37.6 Å². The van der Waals surface area contributed by atoms with Crippen molar-refractivity contribution in [3.05, 3.63) is 59.9 Å². The summed E-state index contributed by atoms with van der Waals surface area (Å²) in [5.74, 6) is -0.206. The predicted molar refractivity (Wildman–Crippen MR) is 99.5 cm³/mol. The molecular formula is C20H24FN3O. The molecule has 1 atom stereocenters. The first-order valence-electron chi connectivity index (χ1n) is 8.65. The SMILES string of the molecule is Cc1ccc(NC(=O)C(C)N2CCN(c3ccc(F)cc3)CC2)cc1. The molecule has 3 rings (SSSR count). The van der Waals surface area contributed by atoms with Gasteiger partial charge in [-0.25, -0.2) is 4.39 Å². The molecule has 0 radical (unpaired) electrons. The molecule has 1 saturated heterocycles. The zero-order chi connectivity index (χ0) is 17.8. The molecule has 2 aromatic carbocycles. The van der Waals surface area contributed by atoms with Crippen molar-refractivity contribution >= 4 is 17.3 Å². The highest BCUT2D eigenvalue weighted by atomic mass is 19.1. The van der Waals surface area contributed by atoms with Gasteiger partial charge in [-0.3, -0.25) is 9.69 Å². The molecular weight excluding hydrogens is 317 g/mol. The van der Waals surface area contributed by atoms with Crippen LogP contribution in [0.1, 0.15) is 12.5 Å². The molecule has 1 amide bonds. The maximum Gasteiger partial charge on any atom is 0.241 e. The standard InChI is InChI=1S/C20H24FN3O/c1-15-3-7-18(8-4-15)22-20(25)16(2)23-11-13-24(14-12-23)19-9-5-17(21)6-10-19/h3-10,16H,11-14H2,1-2H3,(H,22,25). The number of nitrogens with zero attached hydrogens (tertiary/aromatic N) is 2. The summed E-state index contributed by atoms with van der Waals surface area (Å²) >= 11 is 0. The number of carbonyl (C=O) groups excluding carboxylic acids is 1. The number of hydrogen-bond acceptors (Lipinski definition) is 3. The fourth-order valence-corrected chi connectivity index (χ4v) is 3.07. The number of hydrogen-bond donors (Lipinski definition) is 1. The van der Waals surface area contributed by atoms with Gasteiger partial charge in [0.15, 0.2) is 0 Å². The largest absolute Gasteiger partial charge is 0.369 e. The van der Waals surface area contributed by atoms with E-state index < -0.39 is 0 Å². The molecule has 25 heavy (non-hydrogen) atoms. The van der Waals surface area contributed by atoms with Crippen LogP contribution in [0, 0.1) is 12.7 Å². The van der Waals surface area contributed by atoms with E-state index in [1.807, 2.05) is 38.1 Å². The summed E-state index contributed by atoms with van der Waals surface area (Å²) in [5.41, 5.74) is 3.02. The lowest BCUT2D eigenvalue weighted by molar-refractivity contribution is -0.120. The fourth-order valence-electron chi connectivity index (χ4n) is 3.07. The molecule has 4 nitrogen and oxygen atoms in total. The van der Waals surface area contributed by atoms with Crippen molar-refractivity contribution in [1.82, 2.24) is 4.90 Å². The molecule has 0 aromatic heterocycles. The van der Waals surface area contributed by atoms with Crippen molar-refractivity contribution in [3.8, 4) is 0 Å². The van der Waals surface area contributed by atoms with Crippen LogP contribution in [0.5, 0.6) is 0 Å². The lowest BCUT2D eigenvalue weighted by Gasteiger charge is -2.38. The molecule has 132 valence electrons. The molecule has 0 aliphatic carbocycles. The zero-order valence-corrected chi connectivity index (χ0v) is 14.7. The second-order valence-corrected chi connectivity index (χ2v) is 6.53. The number of amides is 1. The fraction of sp³-hybridized carbons (Fsp3) is 0.350. The number of halogens is 1. The van der Waals surface area contributed by atoms with Gasteiger partial charge in [0.05, 0.1) is 6.04 Å². The number of anilines is 2. The second-order valence-electron chi connectivity index (χ2n) is 6.53. The van der Waals surface area contributed by atoms with Gasteiger partial charge in [0.1, 0.15) is 5.82 Å². The smallest absolute Gasteiger partial charge is 0.241 e. The van der Waals surface area contributed by atoms with Crippen LogP contribution in [0.25, 0.3) is 0 Å². The van der Waals surface area contributed by atoms with Crippen molar-refractivity contribution in [1.29, 1.82) is 0 Å². The Morgan fingerprint density at radius 2 is 1.60 bits per heavy atom. The maximum atomic E-state index is 13.0. The van der Waals surface area contributed by atoms with Crippen LogP contribution in [0.2, 0.25) is 0 Å². The van der Waals surface area contributed by atoms with Crippen molar-refractivity contribution in [3.63, 3.8) is 0 Å². The second kappa shape index (κ2) is 7.66. The van der Waals surface area contributed by atoms with Crippen LogP contribution in [-0.4, -0.2) is 43.0 Å². The van der Waals surface area contributed by atoms with E-state index in [0.29, 0.717) is 0 Å². The summed E-state index contributed by atoms with van der Waals surface area (Å²) in [6.45, 7) is 7.23. The Morgan fingerprint density at radius 3 is 2.20 bits per heavy atom. The number of benzene rings is 2. The van der Waals surface area contributed by atoms with Gasteiger partial charge in [-0.2, -0.15) is 0 Å². The van der Waals surface area contributed by atoms with Gasteiger partial charge in [-0.05, 0) is 50.2 Å². The van der Waals surface area contributed by atoms with Gasteiger partial charge in [0.2, 0.25) is 5.91 Å². The van der Waals surface area contributed by atoms with Gasteiger partial charge in [0.25, 0.3) is 0 Å². The van der Waals surface area contributed by atoms with Crippen molar-refractivity contribution in [2.75, 3.05) is 36.4 Å². The quantitative estimate of drug-likeness (QED) is 0.927. The van der Waals surface area contributed by atoms with Crippen LogP contribution in [0.15, 0.2) is 48.5 Å². The third-order valence-corrected chi connectivity index (χ3v) is 4.75. The average Bonchev–Trinajstić information content (AvgIpc) is 2.64. The summed E-state index contributed by atoms with van der Waals surface area (Å²) < 4.78 is 13.0. The lowest BCUT2D eigenvalue weighted by Crippen LogP contribution is -2.52. The van der Waals surface area contributed by atoms with Crippen LogP contribution in [0.3, 0.4) is 0 Å². The van der Waals surface area contributed by atoms with E-state index in [1.165, 1.54) is 17.7 Å². The van der Waals surface area contributed by atoms with E-state index >= 15 is 0 Å². The molecule has 0 saturated carbocycles. The highest BCUT2D eigenvalue weighted by molar-refractivity contribution is 5.94. The number of carbonyl (C=O) groups is 1. The number of nitrogens with one attached hydrogen (secondary N) is 1. The molecule has 1 fully saturated rings. The average molecular weight is 341 g/mol. The van der Waals surface area contributed by atoms with Crippen molar-refractivity contribution < 1.29 is 9.18 Å². The Bertz CT molecular complexity index is 707. The first-order valence-corrected chi connectivity index (χ1v) is 8.65. The molecule has 2 aromatic rings. The van der Waals surface area contributed by atoms with E-state index in [1.54, 1.807) is 12.1 Å². The van der Waals surface area contributed by atoms with Gasteiger partial charge < -0.3 is 10.2 Å². The Balaban J connectivity index is 1.53. The number of piperazine rings is 1. The van der Waals surface area contributed by atoms with Crippen LogP contribution in [0.4, 0.5) is 15.8 Å². The van der Waals surface area contributed by atoms with Gasteiger partial charge in [-0.15, -0.1) is 0 Å². The molecule has 1 heterocycles. The van der Waals surface area contributed by atoms with E-state index in [4.69, 9.17) is 0 Å². The van der Waals surface area contributed by atoms with Gasteiger partial charge in [0, 0.05) is 37.6 Å². The summed E-state index contributed by atoms with van der Waals surface area (Å²) in [4.78, 5) is 16.9. The minimum atomic E-state index is -0.219. The van der Waals surface area contributed by atoms with Crippen LogP contribution in [-0.2, 0) is 4.79 Å². The first kappa shape index (κ1) is 17.4. The minimum absolute atomic E-state index is 0.0130. The summed E-state index contributed by atoms with van der Waals surface area (Å²) in [6.07, 6.45) is 0. The molecule has 0 spiro atoms. The normalized spacial score (nSPS) is 16.5. The molecule has 1 N–H and O–H groups in total. The van der Waals surface area contributed by atoms with Crippen molar-refractivity contribution in [2.24, 2.45) is 0 Å². The van der Waals surface area contributed by atoms with Gasteiger partial charge >= 0.3 is 0 Å². The highest BCUT2D eigenvalue weighted by Crippen LogP contribution is 2.18. The molecule has 1 unspecified atom stereocenters. The lowest BCUT2D eigenvalue weighted by atomic mass is 10.2. The van der Waals surface area contributed by atoms with Crippen LogP contribution >= 0.6 is 0 Å². The molecule has 0 bridgehead atoms. The third-order valence-electron chi connectivity index (χ3n) is 4.75. The van der Waals surface area contributed by atoms with Gasteiger partial charge in [-0.1, -0.05) is 17.7 Å². The van der Waals surface area contributed by atoms with E-state index in [9.17, 15) is 9.18 Å². The molecule has 1 aliphatic rings. The summed E-state index contributed by atoms with van der Waals surface area (Å²) in [7, 11) is 0. The molecule has 5 heteroatoms. The minimum Gasteiger partial charge on any atom is -0.369 e. The maximum absolute atomic E-state index is 13.0. The predicted octanol–water partition coefficient (Wildman–Crippen LogP) is 3.28. The van der Waals surface area contributed by atoms with E-state index in [-0.39, 0.29) is 17.8 Å². The third kappa shape index (κ3) is 4.37. The van der Waals surface area contributed by atoms with Crippen molar-refractivity contribution in [2.45, 2.75) is 19.9 Å². The highest BCUT2D eigenvalue weighted by Gasteiger charge is 2.25. The summed E-state index contributed by atoms with van der Waals surface area (Å²) in [5, 5.41) is 2.98. The Labute approximate surface area is 148 Å². The Hall–Kier alpha value is -2.40. The first-order chi connectivity index (χ1) is 12.0.